The SMILES string of the molecule is O=C(O)c1cnc(-c2cnc3ccsc3c2)[nH]c1=O. The first-order valence-corrected chi connectivity index (χ1v) is 6.19. The summed E-state index contributed by atoms with van der Waals surface area (Å²) >= 11 is 1.53. The summed E-state index contributed by atoms with van der Waals surface area (Å²) in [5.74, 6) is -0.995. The minimum absolute atomic E-state index is 0.304. The molecule has 3 rings (SSSR count). The largest absolute Gasteiger partial charge is 0.477 e. The molecule has 3 aromatic rings. The molecule has 0 saturated carbocycles. The summed E-state index contributed by atoms with van der Waals surface area (Å²) in [6.07, 6.45) is 2.64. The van der Waals surface area contributed by atoms with Gasteiger partial charge in [-0.2, -0.15) is 0 Å². The van der Waals surface area contributed by atoms with Crippen molar-refractivity contribution in [2.75, 3.05) is 0 Å². The molecule has 0 radical (unpaired) electrons. The predicted octanol–water partition coefficient (Wildman–Crippen LogP) is 1.74. The number of nitrogens with zero attached hydrogens (tertiary/aromatic N) is 2. The molecule has 3 aromatic heterocycles. The van der Waals surface area contributed by atoms with Gasteiger partial charge in [-0.15, -0.1) is 11.3 Å². The number of hydrogen-bond acceptors (Lipinski definition) is 5. The first-order chi connectivity index (χ1) is 9.15. The average Bonchev–Trinajstić information content (AvgIpc) is 2.85. The van der Waals surface area contributed by atoms with Crippen LogP contribution in [0.3, 0.4) is 0 Å². The van der Waals surface area contributed by atoms with E-state index in [4.69, 9.17) is 5.11 Å². The molecule has 0 unspecified atom stereocenters. The van der Waals surface area contributed by atoms with Crippen molar-refractivity contribution in [2.45, 2.75) is 0 Å². The summed E-state index contributed by atoms with van der Waals surface area (Å²) < 4.78 is 0.975. The highest BCUT2D eigenvalue weighted by Crippen LogP contribution is 2.23. The monoisotopic (exact) mass is 273 g/mol. The standard InChI is InChI=1S/C12H7N3O3S/c16-11-7(12(17)18)5-14-10(15-11)6-3-9-8(13-4-6)1-2-19-9/h1-5H,(H,17,18)(H,14,15,16). The van der Waals surface area contributed by atoms with E-state index in [1.165, 1.54) is 11.3 Å². The highest BCUT2D eigenvalue weighted by atomic mass is 32.1. The van der Waals surface area contributed by atoms with Gasteiger partial charge >= 0.3 is 5.97 Å². The number of rotatable bonds is 2. The van der Waals surface area contributed by atoms with E-state index in [0.29, 0.717) is 11.4 Å². The second-order valence-corrected chi connectivity index (χ2v) is 4.76. The predicted molar refractivity (Wildman–Crippen MR) is 70.4 cm³/mol. The Bertz CT molecular complexity index is 837. The molecule has 19 heavy (non-hydrogen) atoms. The van der Waals surface area contributed by atoms with E-state index in [0.717, 1.165) is 16.4 Å². The average molecular weight is 273 g/mol. The lowest BCUT2D eigenvalue weighted by Crippen LogP contribution is -2.18. The maximum Gasteiger partial charge on any atom is 0.342 e. The Morgan fingerprint density at radius 3 is 2.89 bits per heavy atom. The normalized spacial score (nSPS) is 10.7. The maximum atomic E-state index is 11.6. The molecule has 0 bridgehead atoms. The Morgan fingerprint density at radius 1 is 1.32 bits per heavy atom. The molecule has 0 fully saturated rings. The van der Waals surface area contributed by atoms with Crippen molar-refractivity contribution < 1.29 is 9.90 Å². The smallest absolute Gasteiger partial charge is 0.342 e. The number of carboxylic acid groups (broad SMARTS) is 1. The number of nitrogens with one attached hydrogen (secondary N) is 1. The van der Waals surface area contributed by atoms with Gasteiger partial charge in [0.2, 0.25) is 0 Å². The highest BCUT2D eigenvalue weighted by molar-refractivity contribution is 7.17. The van der Waals surface area contributed by atoms with Crippen LogP contribution in [-0.4, -0.2) is 26.0 Å². The van der Waals surface area contributed by atoms with Gasteiger partial charge in [0, 0.05) is 18.0 Å². The van der Waals surface area contributed by atoms with Crippen LogP contribution in [0.2, 0.25) is 0 Å². The van der Waals surface area contributed by atoms with Gasteiger partial charge < -0.3 is 10.1 Å². The fraction of sp³-hybridized carbons (Fsp3) is 0. The van der Waals surface area contributed by atoms with Gasteiger partial charge in [-0.25, -0.2) is 9.78 Å². The van der Waals surface area contributed by atoms with E-state index >= 15 is 0 Å². The Morgan fingerprint density at radius 2 is 2.16 bits per heavy atom. The zero-order valence-corrected chi connectivity index (χ0v) is 10.3. The van der Waals surface area contributed by atoms with Crippen LogP contribution in [0.1, 0.15) is 10.4 Å². The molecular formula is C12H7N3O3S. The summed E-state index contributed by atoms with van der Waals surface area (Å²) in [6.45, 7) is 0. The molecule has 3 heterocycles. The van der Waals surface area contributed by atoms with E-state index in [1.807, 2.05) is 17.5 Å². The molecule has 0 spiro atoms. The van der Waals surface area contributed by atoms with E-state index in [1.54, 1.807) is 6.20 Å². The van der Waals surface area contributed by atoms with Gasteiger partial charge in [-0.3, -0.25) is 9.78 Å². The van der Waals surface area contributed by atoms with Crippen molar-refractivity contribution in [3.05, 3.63) is 45.8 Å². The van der Waals surface area contributed by atoms with Gasteiger partial charge in [0.1, 0.15) is 11.4 Å². The van der Waals surface area contributed by atoms with Gasteiger partial charge in [0.05, 0.1) is 10.2 Å². The summed E-state index contributed by atoms with van der Waals surface area (Å²) in [5, 5.41) is 10.7. The molecule has 6 nitrogen and oxygen atoms in total. The van der Waals surface area contributed by atoms with Crippen molar-refractivity contribution in [3.8, 4) is 11.4 Å². The van der Waals surface area contributed by atoms with Gasteiger partial charge in [0.25, 0.3) is 5.56 Å². The third-order valence-electron chi connectivity index (χ3n) is 2.61. The number of thiophene rings is 1. The van der Waals surface area contributed by atoms with Crippen molar-refractivity contribution in [1.29, 1.82) is 0 Å². The molecule has 0 saturated heterocycles. The number of aromatic nitrogens is 3. The fourth-order valence-electron chi connectivity index (χ4n) is 1.67. The van der Waals surface area contributed by atoms with E-state index in [9.17, 15) is 9.59 Å². The second-order valence-electron chi connectivity index (χ2n) is 3.81. The molecule has 94 valence electrons. The lowest BCUT2D eigenvalue weighted by atomic mass is 10.2. The molecule has 0 aliphatic heterocycles. The van der Waals surface area contributed by atoms with Crippen LogP contribution >= 0.6 is 11.3 Å². The molecule has 0 amide bonds. The third-order valence-corrected chi connectivity index (χ3v) is 3.46. The fourth-order valence-corrected chi connectivity index (χ4v) is 2.45. The van der Waals surface area contributed by atoms with Crippen LogP contribution in [0.4, 0.5) is 0 Å². The number of aromatic amines is 1. The van der Waals surface area contributed by atoms with Crippen LogP contribution in [0.5, 0.6) is 0 Å². The Hall–Kier alpha value is -2.54. The number of carboxylic acids is 1. The minimum Gasteiger partial charge on any atom is -0.477 e. The lowest BCUT2D eigenvalue weighted by molar-refractivity contribution is 0.0694. The molecular weight excluding hydrogens is 266 g/mol. The Balaban J connectivity index is 2.13. The molecule has 0 aliphatic carbocycles. The summed E-state index contributed by atoms with van der Waals surface area (Å²) in [7, 11) is 0. The molecule has 0 atom stereocenters. The Labute approximate surface area is 110 Å². The molecule has 0 aliphatic rings. The van der Waals surface area contributed by atoms with Gasteiger partial charge in [-0.1, -0.05) is 0 Å². The first kappa shape index (κ1) is 11.5. The maximum absolute atomic E-state index is 11.6. The number of fused-ring (bicyclic) bond motifs is 1. The first-order valence-electron chi connectivity index (χ1n) is 5.31. The molecule has 7 heteroatoms. The summed E-state index contributed by atoms with van der Waals surface area (Å²) in [6, 6.07) is 3.75. The second kappa shape index (κ2) is 4.29. The van der Waals surface area contributed by atoms with Crippen molar-refractivity contribution in [1.82, 2.24) is 15.0 Å². The molecule has 2 N–H and O–H groups in total. The topological polar surface area (TPSA) is 95.9 Å². The van der Waals surface area contributed by atoms with Gasteiger partial charge in [-0.05, 0) is 17.5 Å². The Kier molecular flexibility index (Phi) is 2.60. The number of hydrogen-bond donors (Lipinski definition) is 2. The van der Waals surface area contributed by atoms with Gasteiger partial charge in [0.15, 0.2) is 0 Å². The van der Waals surface area contributed by atoms with E-state index in [2.05, 4.69) is 15.0 Å². The summed E-state index contributed by atoms with van der Waals surface area (Å²) in [5.41, 5.74) is 0.458. The lowest BCUT2D eigenvalue weighted by Gasteiger charge is -2.01. The minimum atomic E-state index is -1.30. The zero-order valence-electron chi connectivity index (χ0n) is 9.45. The highest BCUT2D eigenvalue weighted by Gasteiger charge is 2.11. The number of H-pyrrole nitrogens is 1. The van der Waals surface area contributed by atoms with Crippen molar-refractivity contribution >= 4 is 27.5 Å². The van der Waals surface area contributed by atoms with Crippen LogP contribution in [-0.2, 0) is 0 Å². The van der Waals surface area contributed by atoms with Crippen LogP contribution in [0.15, 0.2) is 34.7 Å². The number of pyridine rings is 1. The molecule has 0 aromatic carbocycles. The zero-order chi connectivity index (χ0) is 13.4. The van der Waals surface area contributed by atoms with Crippen LogP contribution in [0, 0.1) is 0 Å². The van der Waals surface area contributed by atoms with E-state index < -0.39 is 11.5 Å². The third kappa shape index (κ3) is 2.00. The summed E-state index contributed by atoms with van der Waals surface area (Å²) in [4.78, 5) is 32.9. The van der Waals surface area contributed by atoms with Crippen LogP contribution in [0.25, 0.3) is 21.6 Å². The van der Waals surface area contributed by atoms with Crippen LogP contribution < -0.4 is 5.56 Å². The quantitative estimate of drug-likeness (QED) is 0.741. The van der Waals surface area contributed by atoms with Crippen molar-refractivity contribution in [2.24, 2.45) is 0 Å². The number of aromatic carboxylic acids is 1. The van der Waals surface area contributed by atoms with E-state index in [-0.39, 0.29) is 5.56 Å². The van der Waals surface area contributed by atoms with Crippen molar-refractivity contribution in [3.63, 3.8) is 0 Å². The number of carbonyl (C=O) groups is 1.